The SMILES string of the molecule is C[C@@H]1C[C@H](C)CN(Cc2csc(NC(=O)CN3C(=O)[C@H]4[C@H](C3=O)[C@H]3C=C[C@H]4C3)n2)C1. The van der Waals surface area contributed by atoms with E-state index in [1.165, 1.54) is 17.8 Å². The quantitative estimate of drug-likeness (QED) is 0.575. The maximum Gasteiger partial charge on any atom is 0.246 e. The lowest BCUT2D eigenvalue weighted by atomic mass is 9.85. The molecule has 160 valence electrons. The van der Waals surface area contributed by atoms with Gasteiger partial charge >= 0.3 is 0 Å². The summed E-state index contributed by atoms with van der Waals surface area (Å²) in [5.41, 5.74) is 0.946. The first-order chi connectivity index (χ1) is 14.4. The van der Waals surface area contributed by atoms with Gasteiger partial charge in [-0.2, -0.15) is 0 Å². The van der Waals surface area contributed by atoms with Crippen LogP contribution in [0.15, 0.2) is 17.5 Å². The Balaban J connectivity index is 1.17. The highest BCUT2D eigenvalue weighted by Gasteiger charge is 2.59. The molecule has 1 N–H and O–H groups in total. The number of carbonyl (C=O) groups is 3. The van der Waals surface area contributed by atoms with Crippen LogP contribution >= 0.6 is 11.3 Å². The zero-order valence-corrected chi connectivity index (χ0v) is 18.2. The highest BCUT2D eigenvalue weighted by molar-refractivity contribution is 7.13. The number of nitrogens with one attached hydrogen (secondary N) is 1. The number of hydrogen-bond donors (Lipinski definition) is 1. The summed E-state index contributed by atoms with van der Waals surface area (Å²) in [4.78, 5) is 46.1. The molecule has 4 aliphatic rings. The number of thiazole rings is 1. The minimum absolute atomic E-state index is 0.159. The number of imide groups is 1. The van der Waals surface area contributed by atoms with Crippen LogP contribution in [0.3, 0.4) is 0 Å². The molecule has 0 radical (unpaired) electrons. The molecule has 6 atom stereocenters. The molecular formula is C22H28N4O3S. The van der Waals surface area contributed by atoms with E-state index in [2.05, 4.69) is 41.2 Å². The summed E-state index contributed by atoms with van der Waals surface area (Å²) in [6.45, 7) is 7.27. The van der Waals surface area contributed by atoms with Crippen LogP contribution in [-0.2, 0) is 20.9 Å². The Labute approximate surface area is 180 Å². The number of amides is 3. The van der Waals surface area contributed by atoms with E-state index in [0.717, 1.165) is 36.6 Å². The third-order valence-corrected chi connectivity index (χ3v) is 7.80. The lowest BCUT2D eigenvalue weighted by molar-refractivity contribution is -0.143. The zero-order valence-electron chi connectivity index (χ0n) is 17.4. The standard InChI is InChI=1S/C22H28N4O3S/c1-12-5-13(2)8-25(7-12)9-16-11-30-22(23-16)24-17(27)10-26-20(28)18-14-3-4-15(6-14)19(18)21(26)29/h3-4,11-15,18-19H,5-10H2,1-2H3,(H,23,24,27)/t12-,13+,14-,15-,18+,19+/m0/s1. The van der Waals surface area contributed by atoms with Gasteiger partial charge in [0.05, 0.1) is 17.5 Å². The normalized spacial score (nSPS) is 35.3. The second kappa shape index (κ2) is 7.57. The Morgan fingerprint density at radius 1 is 1.10 bits per heavy atom. The first-order valence-corrected chi connectivity index (χ1v) is 11.8. The molecule has 0 unspecified atom stereocenters. The molecule has 7 nitrogen and oxygen atoms in total. The fourth-order valence-corrected chi connectivity index (χ4v) is 6.73. The number of piperidine rings is 1. The van der Waals surface area contributed by atoms with Crippen molar-refractivity contribution in [3.63, 3.8) is 0 Å². The van der Waals surface area contributed by atoms with Gasteiger partial charge in [0.25, 0.3) is 0 Å². The molecule has 0 spiro atoms. The molecule has 5 rings (SSSR count). The van der Waals surface area contributed by atoms with Crippen molar-refractivity contribution in [3.8, 4) is 0 Å². The summed E-state index contributed by atoms with van der Waals surface area (Å²) in [6, 6.07) is 0. The minimum atomic E-state index is -0.363. The average Bonchev–Trinajstić information content (AvgIpc) is 3.43. The van der Waals surface area contributed by atoms with Crippen LogP contribution in [0.2, 0.25) is 0 Å². The van der Waals surface area contributed by atoms with Crippen molar-refractivity contribution in [3.05, 3.63) is 23.2 Å². The third-order valence-electron chi connectivity index (χ3n) is 6.99. The lowest BCUT2D eigenvalue weighted by Crippen LogP contribution is -2.39. The van der Waals surface area contributed by atoms with E-state index >= 15 is 0 Å². The predicted molar refractivity (Wildman–Crippen MR) is 113 cm³/mol. The highest BCUT2D eigenvalue weighted by Crippen LogP contribution is 2.52. The van der Waals surface area contributed by atoms with Crippen molar-refractivity contribution in [2.24, 2.45) is 35.5 Å². The second-order valence-electron chi connectivity index (χ2n) is 9.59. The first-order valence-electron chi connectivity index (χ1n) is 10.9. The van der Waals surface area contributed by atoms with Crippen molar-refractivity contribution in [1.29, 1.82) is 0 Å². The van der Waals surface area contributed by atoms with Crippen LogP contribution in [0, 0.1) is 35.5 Å². The molecule has 3 heterocycles. The van der Waals surface area contributed by atoms with Crippen LogP contribution < -0.4 is 5.32 Å². The van der Waals surface area contributed by atoms with Gasteiger partial charge in [-0.15, -0.1) is 11.3 Å². The van der Waals surface area contributed by atoms with Gasteiger partial charge in [0.2, 0.25) is 17.7 Å². The third kappa shape index (κ3) is 3.50. The fourth-order valence-electron chi connectivity index (χ4n) is 6.01. The van der Waals surface area contributed by atoms with Gasteiger partial charge in [-0.05, 0) is 36.5 Å². The van der Waals surface area contributed by atoms with Crippen LogP contribution in [-0.4, -0.2) is 52.1 Å². The fraction of sp³-hybridized carbons (Fsp3) is 0.636. The van der Waals surface area contributed by atoms with Crippen LogP contribution in [0.1, 0.15) is 32.4 Å². The molecule has 1 aromatic rings. The number of anilines is 1. The van der Waals surface area contributed by atoms with E-state index in [4.69, 9.17) is 0 Å². The van der Waals surface area contributed by atoms with Crippen molar-refractivity contribution >= 4 is 34.2 Å². The van der Waals surface area contributed by atoms with Gasteiger partial charge in [0, 0.05) is 25.0 Å². The van der Waals surface area contributed by atoms with Crippen LogP contribution in [0.4, 0.5) is 5.13 Å². The van der Waals surface area contributed by atoms with Crippen LogP contribution in [0.5, 0.6) is 0 Å². The summed E-state index contributed by atoms with van der Waals surface area (Å²) in [5, 5.41) is 5.27. The van der Waals surface area contributed by atoms with E-state index < -0.39 is 0 Å². The van der Waals surface area contributed by atoms with Gasteiger partial charge in [-0.25, -0.2) is 4.98 Å². The molecule has 30 heavy (non-hydrogen) atoms. The molecular weight excluding hydrogens is 400 g/mol. The molecule has 2 saturated heterocycles. The second-order valence-corrected chi connectivity index (χ2v) is 10.5. The predicted octanol–water partition coefficient (Wildman–Crippen LogP) is 2.37. The van der Waals surface area contributed by atoms with Gasteiger partial charge in [0.1, 0.15) is 6.54 Å². The molecule has 3 amide bonds. The van der Waals surface area contributed by atoms with Crippen molar-refractivity contribution in [1.82, 2.24) is 14.8 Å². The number of rotatable bonds is 5. The van der Waals surface area contributed by atoms with E-state index in [-0.39, 0.29) is 47.9 Å². The number of nitrogens with zero attached hydrogens (tertiary/aromatic N) is 3. The Morgan fingerprint density at radius 3 is 2.37 bits per heavy atom. The monoisotopic (exact) mass is 428 g/mol. The Bertz CT molecular complexity index is 872. The molecule has 8 heteroatoms. The maximum absolute atomic E-state index is 12.7. The molecule has 2 aliphatic heterocycles. The summed E-state index contributed by atoms with van der Waals surface area (Å²) < 4.78 is 0. The Morgan fingerprint density at radius 2 is 1.73 bits per heavy atom. The largest absolute Gasteiger partial charge is 0.300 e. The van der Waals surface area contributed by atoms with Gasteiger partial charge in [-0.3, -0.25) is 24.2 Å². The molecule has 3 fully saturated rings. The van der Waals surface area contributed by atoms with Gasteiger partial charge < -0.3 is 5.32 Å². The molecule has 1 aromatic heterocycles. The number of allylic oxidation sites excluding steroid dienone is 2. The van der Waals surface area contributed by atoms with Crippen molar-refractivity contribution in [2.75, 3.05) is 25.0 Å². The maximum atomic E-state index is 12.7. The summed E-state index contributed by atoms with van der Waals surface area (Å²) in [7, 11) is 0. The van der Waals surface area contributed by atoms with Crippen molar-refractivity contribution in [2.45, 2.75) is 33.2 Å². The molecule has 0 aromatic carbocycles. The number of carbonyl (C=O) groups excluding carboxylic acids is 3. The first kappa shape index (κ1) is 19.9. The van der Waals surface area contributed by atoms with Gasteiger partial charge in [0.15, 0.2) is 5.13 Å². The summed E-state index contributed by atoms with van der Waals surface area (Å²) in [5.74, 6) is 0.423. The summed E-state index contributed by atoms with van der Waals surface area (Å²) in [6.07, 6.45) is 6.27. The average molecular weight is 429 g/mol. The van der Waals surface area contributed by atoms with Crippen LogP contribution in [0.25, 0.3) is 0 Å². The Kier molecular flexibility index (Phi) is 5.01. The highest BCUT2D eigenvalue weighted by atomic mass is 32.1. The number of fused-ring (bicyclic) bond motifs is 5. The minimum Gasteiger partial charge on any atom is -0.300 e. The number of aromatic nitrogens is 1. The molecule has 2 bridgehead atoms. The molecule has 2 aliphatic carbocycles. The summed E-state index contributed by atoms with van der Waals surface area (Å²) >= 11 is 1.39. The van der Waals surface area contributed by atoms with E-state index in [0.29, 0.717) is 17.0 Å². The molecule has 1 saturated carbocycles. The van der Waals surface area contributed by atoms with E-state index in [1.54, 1.807) is 0 Å². The van der Waals surface area contributed by atoms with Gasteiger partial charge in [-0.1, -0.05) is 26.0 Å². The zero-order chi connectivity index (χ0) is 21.0. The Hall–Kier alpha value is -2.06. The number of likely N-dealkylation sites (tertiary alicyclic amines) is 2. The number of hydrogen-bond acceptors (Lipinski definition) is 6. The van der Waals surface area contributed by atoms with E-state index in [1.807, 2.05) is 5.38 Å². The van der Waals surface area contributed by atoms with Crippen molar-refractivity contribution < 1.29 is 14.4 Å². The topological polar surface area (TPSA) is 82.6 Å². The smallest absolute Gasteiger partial charge is 0.246 e. The lowest BCUT2D eigenvalue weighted by Gasteiger charge is -2.34. The van der Waals surface area contributed by atoms with E-state index in [9.17, 15) is 14.4 Å².